The molecule has 0 aromatic carbocycles. The Morgan fingerprint density at radius 3 is 2.50 bits per heavy atom. The quantitative estimate of drug-likeness (QED) is 0.510. The Morgan fingerprint density at radius 1 is 1.40 bits per heavy atom. The van der Waals surface area contributed by atoms with Crippen LogP contribution < -0.4 is 0 Å². The van der Waals surface area contributed by atoms with E-state index < -0.39 is 13.8 Å². The van der Waals surface area contributed by atoms with Crippen LogP contribution in [0, 0.1) is 5.92 Å². The summed E-state index contributed by atoms with van der Waals surface area (Å²) in [5, 5.41) is -0.601. The van der Waals surface area contributed by atoms with E-state index in [1.165, 1.54) is 6.08 Å². The SMILES string of the molecule is C=CC(=O)C1CCC[Si](OC)(OC)C1(CCCC)OC. The Morgan fingerprint density at radius 2 is 2.05 bits per heavy atom. The van der Waals surface area contributed by atoms with Gasteiger partial charge in [0.2, 0.25) is 0 Å². The van der Waals surface area contributed by atoms with Gasteiger partial charge >= 0.3 is 8.56 Å². The van der Waals surface area contributed by atoms with Crippen molar-refractivity contribution in [3.8, 4) is 0 Å². The van der Waals surface area contributed by atoms with Crippen LogP contribution in [0.25, 0.3) is 0 Å². The molecule has 0 N–H and O–H groups in total. The average molecular weight is 300 g/mol. The highest BCUT2D eigenvalue weighted by Crippen LogP contribution is 2.47. The zero-order valence-corrected chi connectivity index (χ0v) is 14.2. The molecule has 4 nitrogen and oxygen atoms in total. The summed E-state index contributed by atoms with van der Waals surface area (Å²) in [4.78, 5) is 12.3. The summed E-state index contributed by atoms with van der Waals surface area (Å²) in [6.07, 6.45) is 6.03. The number of hydrogen-bond donors (Lipinski definition) is 0. The van der Waals surface area contributed by atoms with Crippen LogP contribution in [-0.2, 0) is 18.4 Å². The molecule has 1 saturated heterocycles. The lowest BCUT2D eigenvalue weighted by Gasteiger charge is -2.51. The zero-order valence-electron chi connectivity index (χ0n) is 13.2. The van der Waals surface area contributed by atoms with Gasteiger partial charge in [0, 0.05) is 21.3 Å². The van der Waals surface area contributed by atoms with E-state index in [9.17, 15) is 4.79 Å². The number of rotatable bonds is 8. The van der Waals surface area contributed by atoms with E-state index in [0.717, 1.165) is 38.1 Å². The fourth-order valence-corrected chi connectivity index (χ4v) is 7.65. The van der Waals surface area contributed by atoms with E-state index >= 15 is 0 Å². The van der Waals surface area contributed by atoms with Crippen molar-refractivity contribution < 1.29 is 18.4 Å². The predicted molar refractivity (Wildman–Crippen MR) is 81.8 cm³/mol. The monoisotopic (exact) mass is 300 g/mol. The highest BCUT2D eigenvalue weighted by Gasteiger charge is 2.64. The smallest absolute Gasteiger partial charge is 0.371 e. The molecule has 0 aromatic heterocycles. The Kier molecular flexibility index (Phi) is 6.58. The lowest BCUT2D eigenvalue weighted by molar-refractivity contribution is -0.130. The molecule has 2 unspecified atom stereocenters. The van der Waals surface area contributed by atoms with Crippen LogP contribution in [0.1, 0.15) is 39.0 Å². The number of ether oxygens (including phenoxy) is 1. The van der Waals surface area contributed by atoms with Crippen molar-refractivity contribution in [2.75, 3.05) is 21.3 Å². The number of methoxy groups -OCH3 is 1. The first-order chi connectivity index (χ1) is 9.57. The maximum atomic E-state index is 12.3. The molecule has 116 valence electrons. The van der Waals surface area contributed by atoms with E-state index in [1.807, 2.05) is 0 Å². The van der Waals surface area contributed by atoms with Crippen LogP contribution >= 0.6 is 0 Å². The highest BCUT2D eigenvalue weighted by atomic mass is 28.4. The van der Waals surface area contributed by atoms with Gasteiger partial charge in [-0.3, -0.25) is 4.79 Å². The maximum Gasteiger partial charge on any atom is 0.371 e. The van der Waals surface area contributed by atoms with Gasteiger partial charge in [-0.15, -0.1) is 0 Å². The lowest BCUT2D eigenvalue weighted by Crippen LogP contribution is -2.69. The van der Waals surface area contributed by atoms with Crippen LogP contribution in [0.4, 0.5) is 0 Å². The summed E-state index contributed by atoms with van der Waals surface area (Å²) in [6, 6.07) is 0.873. The minimum absolute atomic E-state index is 0.0497. The first-order valence-electron chi connectivity index (χ1n) is 7.39. The zero-order chi connectivity index (χ0) is 15.2. The Labute approximate surface area is 123 Å². The number of allylic oxidation sites excluding steroid dienone is 1. The van der Waals surface area contributed by atoms with Crippen molar-refractivity contribution in [2.45, 2.75) is 50.3 Å². The first kappa shape index (κ1) is 17.6. The van der Waals surface area contributed by atoms with Crippen LogP contribution in [0.5, 0.6) is 0 Å². The van der Waals surface area contributed by atoms with Gasteiger partial charge in [-0.25, -0.2) is 0 Å². The molecule has 2 atom stereocenters. The van der Waals surface area contributed by atoms with Crippen molar-refractivity contribution in [3.05, 3.63) is 12.7 Å². The highest BCUT2D eigenvalue weighted by molar-refractivity contribution is 6.71. The fraction of sp³-hybridized carbons (Fsp3) is 0.800. The van der Waals surface area contributed by atoms with Gasteiger partial charge in [0.25, 0.3) is 0 Å². The molecular formula is C15H28O4Si. The van der Waals surface area contributed by atoms with Crippen molar-refractivity contribution in [2.24, 2.45) is 5.92 Å². The first-order valence-corrected chi connectivity index (χ1v) is 9.41. The number of carbonyl (C=O) groups is 1. The van der Waals surface area contributed by atoms with Gasteiger partial charge in [-0.2, -0.15) is 0 Å². The van der Waals surface area contributed by atoms with Gasteiger partial charge in [0.15, 0.2) is 5.78 Å². The van der Waals surface area contributed by atoms with Gasteiger partial charge < -0.3 is 13.6 Å². The summed E-state index contributed by atoms with van der Waals surface area (Å²) in [5.74, 6) is -0.148. The molecule has 1 aliphatic rings. The second-order valence-corrected chi connectivity index (χ2v) is 9.08. The number of hydrogen-bond acceptors (Lipinski definition) is 4. The Bertz CT molecular complexity index is 341. The molecule has 20 heavy (non-hydrogen) atoms. The molecule has 1 heterocycles. The van der Waals surface area contributed by atoms with E-state index in [-0.39, 0.29) is 11.7 Å². The van der Waals surface area contributed by atoms with Crippen LogP contribution in [-0.4, -0.2) is 40.9 Å². The summed E-state index contributed by atoms with van der Waals surface area (Å²) in [7, 11) is 2.49. The minimum atomic E-state index is -2.58. The van der Waals surface area contributed by atoms with E-state index in [0.29, 0.717) is 0 Å². The second-order valence-electron chi connectivity index (χ2n) is 5.41. The molecule has 0 amide bonds. The van der Waals surface area contributed by atoms with Crippen LogP contribution in [0.2, 0.25) is 6.04 Å². The van der Waals surface area contributed by atoms with E-state index in [2.05, 4.69) is 13.5 Å². The third-order valence-electron chi connectivity index (χ3n) is 4.68. The third kappa shape index (κ3) is 2.77. The molecular weight excluding hydrogens is 272 g/mol. The number of unbranched alkanes of at least 4 members (excludes halogenated alkanes) is 1. The Balaban J connectivity index is 3.28. The number of carbonyl (C=O) groups excluding carboxylic acids is 1. The molecule has 5 heteroatoms. The largest absolute Gasteiger partial charge is 0.396 e. The third-order valence-corrected chi connectivity index (χ3v) is 9.10. The lowest BCUT2D eigenvalue weighted by atomic mass is 9.88. The molecule has 0 aliphatic carbocycles. The summed E-state index contributed by atoms with van der Waals surface area (Å²) >= 11 is 0. The molecule has 1 aliphatic heterocycles. The molecule has 1 fully saturated rings. The summed E-state index contributed by atoms with van der Waals surface area (Å²) < 4.78 is 17.7. The second kappa shape index (κ2) is 7.50. The van der Waals surface area contributed by atoms with Gasteiger partial charge in [0.05, 0.1) is 5.92 Å². The van der Waals surface area contributed by atoms with Gasteiger partial charge in [-0.05, 0) is 25.0 Å². The molecule has 0 spiro atoms. The van der Waals surface area contributed by atoms with Crippen LogP contribution in [0.15, 0.2) is 12.7 Å². The van der Waals surface area contributed by atoms with Gasteiger partial charge in [-0.1, -0.05) is 32.8 Å². The van der Waals surface area contributed by atoms with Crippen molar-refractivity contribution in [1.29, 1.82) is 0 Å². The topological polar surface area (TPSA) is 44.8 Å². The Hall–Kier alpha value is -0.493. The van der Waals surface area contributed by atoms with E-state index in [4.69, 9.17) is 13.6 Å². The molecule has 0 radical (unpaired) electrons. The number of ketones is 1. The van der Waals surface area contributed by atoms with Crippen molar-refractivity contribution in [3.63, 3.8) is 0 Å². The summed E-state index contributed by atoms with van der Waals surface area (Å²) in [5.41, 5.74) is 0. The molecule has 0 aromatic rings. The van der Waals surface area contributed by atoms with Crippen LogP contribution in [0.3, 0.4) is 0 Å². The fourth-order valence-electron chi connectivity index (χ4n) is 3.60. The molecule has 0 bridgehead atoms. The molecule has 0 saturated carbocycles. The average Bonchev–Trinajstić information content (AvgIpc) is 2.51. The molecule has 1 rings (SSSR count). The van der Waals surface area contributed by atoms with Crippen molar-refractivity contribution >= 4 is 14.3 Å². The van der Waals surface area contributed by atoms with Crippen molar-refractivity contribution in [1.82, 2.24) is 0 Å². The van der Waals surface area contributed by atoms with E-state index in [1.54, 1.807) is 21.3 Å². The standard InChI is InChI=1S/C15H28O4Si/c1-6-8-11-15(17-3)13(14(16)7-2)10-9-12-20(15,18-4)19-5/h7,13H,2,6,8-12H2,1,3-5H3. The normalized spacial score (nSPS) is 29.1. The predicted octanol–water partition coefficient (Wildman–Crippen LogP) is 3.00. The summed E-state index contributed by atoms with van der Waals surface area (Å²) in [6.45, 7) is 5.78. The minimum Gasteiger partial charge on any atom is -0.396 e. The van der Waals surface area contributed by atoms with Gasteiger partial charge in [0.1, 0.15) is 5.22 Å². The maximum absolute atomic E-state index is 12.3.